The van der Waals surface area contributed by atoms with Crippen molar-refractivity contribution in [3.8, 4) is 0 Å². The number of aromatic nitrogens is 6. The van der Waals surface area contributed by atoms with Crippen LogP contribution in [0.4, 0.5) is 20.7 Å². The highest BCUT2D eigenvalue weighted by atomic mass is 32.2. The van der Waals surface area contributed by atoms with Crippen LogP contribution in [0.2, 0.25) is 0 Å². The van der Waals surface area contributed by atoms with Crippen molar-refractivity contribution in [3.05, 3.63) is 11.5 Å². The molecule has 0 aromatic carbocycles. The highest BCUT2D eigenvalue weighted by molar-refractivity contribution is 8.02. The third-order valence-corrected chi connectivity index (χ3v) is 9.03. The van der Waals surface area contributed by atoms with E-state index in [4.69, 9.17) is 10.5 Å². The number of nitrogens with two attached hydrogens (primary N) is 1. The Labute approximate surface area is 240 Å². The minimum absolute atomic E-state index is 0.0731. The number of carbonyl (C=O) groups is 4. The fourth-order valence-electron chi connectivity index (χ4n) is 3.48. The number of H-pyrrole nitrogens is 1. The molecule has 3 amide bonds. The fourth-order valence-corrected chi connectivity index (χ4v) is 7.75. The third kappa shape index (κ3) is 6.99. The Morgan fingerprint density at radius 3 is 2.76 bits per heavy atom. The number of nitrogens with one attached hydrogen (secondary N) is 2. The molecule has 4 heterocycles. The van der Waals surface area contributed by atoms with Gasteiger partial charge in [-0.05, 0) is 10.4 Å². The van der Waals surface area contributed by atoms with Crippen LogP contribution in [-0.4, -0.2) is 112 Å². The highest BCUT2D eigenvalue weighted by Gasteiger charge is 2.53. The Balaban J connectivity index is 1.91. The van der Waals surface area contributed by atoms with E-state index in [-0.39, 0.29) is 28.2 Å². The summed E-state index contributed by atoms with van der Waals surface area (Å²) in [7, 11) is -3.56. The van der Waals surface area contributed by atoms with Crippen LogP contribution in [0.15, 0.2) is 21.8 Å². The summed E-state index contributed by atoms with van der Waals surface area (Å²) in [4.78, 5) is 59.4. The minimum atomic E-state index is -4.81. The number of nitrogen functional groups attached to an aromatic ring is 1. The van der Waals surface area contributed by atoms with E-state index in [0.29, 0.717) is 29.5 Å². The number of amides is 3. The molecule has 0 radical (unpaired) electrons. The summed E-state index contributed by atoms with van der Waals surface area (Å²) in [5.74, 6) is -3.62. The largest absolute Gasteiger partial charge is 0.512 e. The van der Waals surface area contributed by atoms with Gasteiger partial charge in [-0.15, -0.1) is 16.9 Å². The summed E-state index contributed by atoms with van der Waals surface area (Å²) in [6.07, 6.45) is -2.40. The monoisotopic (exact) mass is 651 g/mol. The molecule has 2 aromatic heterocycles. The maximum atomic E-state index is 13.5. The second-order valence-corrected chi connectivity index (χ2v) is 12.3. The normalized spacial score (nSPS) is 19.4. The van der Waals surface area contributed by atoms with Gasteiger partial charge in [-0.1, -0.05) is 16.9 Å². The number of nitrogens with zero attached hydrogens (tertiary/aromatic N) is 8. The van der Waals surface area contributed by atoms with Gasteiger partial charge in [-0.2, -0.15) is 17.8 Å². The summed E-state index contributed by atoms with van der Waals surface area (Å²) in [6.45, 7) is 0. The highest BCUT2D eigenvalue weighted by Crippen LogP contribution is 2.49. The number of hydrogen-bond acceptors (Lipinski definition) is 18. The van der Waals surface area contributed by atoms with Gasteiger partial charge in [0.15, 0.2) is 0 Å². The van der Waals surface area contributed by atoms with Crippen molar-refractivity contribution in [3.63, 3.8) is 0 Å². The molecular formula is C16H17N11O10S4. The lowest BCUT2D eigenvalue weighted by atomic mass is 10.1. The SMILES string of the molecule is CNC(=O)ON=CC(=O)N(c1nsc(N)n1)C1S[C@H]2CC(=O)N2C(OC(=O)O)=C1C(CS(=O)(=O)O)Sc1nnn[nH]1. The zero-order valence-electron chi connectivity index (χ0n) is 20.2. The number of oxime groups is 1. The van der Waals surface area contributed by atoms with Gasteiger partial charge in [0, 0.05) is 24.2 Å². The first-order valence-electron chi connectivity index (χ1n) is 10.7. The van der Waals surface area contributed by atoms with Crippen LogP contribution in [0, 0.1) is 0 Å². The minimum Gasteiger partial charge on any atom is -0.449 e. The molecule has 6 N–H and O–H groups in total. The number of tetrazole rings is 1. The molecule has 220 valence electrons. The van der Waals surface area contributed by atoms with Crippen LogP contribution in [0.3, 0.4) is 0 Å². The number of carbonyl (C=O) groups excluding carboxylic acids is 3. The van der Waals surface area contributed by atoms with Crippen molar-refractivity contribution in [2.75, 3.05) is 23.4 Å². The summed E-state index contributed by atoms with van der Waals surface area (Å²) < 4.78 is 43.0. The van der Waals surface area contributed by atoms with Crippen molar-refractivity contribution in [1.29, 1.82) is 0 Å². The van der Waals surface area contributed by atoms with Crippen LogP contribution in [-0.2, 0) is 29.3 Å². The van der Waals surface area contributed by atoms with Crippen molar-refractivity contribution >= 4 is 86.5 Å². The second kappa shape index (κ2) is 12.2. The Kier molecular flexibility index (Phi) is 8.90. The van der Waals surface area contributed by atoms with Gasteiger partial charge in [-0.25, -0.2) is 14.7 Å². The zero-order chi connectivity index (χ0) is 29.9. The number of anilines is 2. The lowest BCUT2D eigenvalue weighted by molar-refractivity contribution is -0.141. The summed E-state index contributed by atoms with van der Waals surface area (Å²) in [5.41, 5.74) is 5.43. The maximum Gasteiger partial charge on any atom is 0.512 e. The molecule has 1 fully saturated rings. The van der Waals surface area contributed by atoms with Crippen LogP contribution in [0.25, 0.3) is 0 Å². The molecule has 2 aromatic rings. The number of hydrogen-bond donors (Lipinski definition) is 5. The summed E-state index contributed by atoms with van der Waals surface area (Å²) >= 11 is 2.22. The molecule has 2 aliphatic heterocycles. The van der Waals surface area contributed by atoms with E-state index in [1.54, 1.807) is 0 Å². The third-order valence-electron chi connectivity index (χ3n) is 5.02. The van der Waals surface area contributed by atoms with Crippen molar-refractivity contribution in [2.24, 2.45) is 5.16 Å². The van der Waals surface area contributed by atoms with E-state index in [2.05, 4.69) is 45.3 Å². The number of carboxylic acid groups (broad SMARTS) is 1. The molecule has 0 saturated carbocycles. The van der Waals surface area contributed by atoms with Gasteiger partial charge in [0.1, 0.15) is 11.6 Å². The molecule has 0 aliphatic carbocycles. The average Bonchev–Trinajstić information content (AvgIpc) is 3.53. The number of ether oxygens (including phenoxy) is 1. The molecule has 25 heteroatoms. The maximum absolute atomic E-state index is 13.5. The Hall–Kier alpha value is -4.07. The summed E-state index contributed by atoms with van der Waals surface area (Å²) in [5, 5.41) is 24.0. The smallest absolute Gasteiger partial charge is 0.449 e. The standard InChI is InChI=1S/C16H17N11O10S4/c1-18-15(30)37-19-3-7(29)27(13-20-12(17)40-23-13)11-9(5(4-41(33,34)35)38-14-21-24-25-22-14)10(36-16(31)32)26-6(28)2-8(26)39-11/h3,5,8,11H,2,4H2,1H3,(H,18,30)(H,31,32)(H2,17,20,23)(H,33,34,35)(H,21,22,24,25)/t5?,8-,11?/m0/s1. The number of β-lactam (4-membered cyclic amide) rings is 1. The van der Waals surface area contributed by atoms with E-state index in [9.17, 15) is 37.3 Å². The molecule has 21 nitrogen and oxygen atoms in total. The van der Waals surface area contributed by atoms with Gasteiger partial charge in [0.25, 0.3) is 16.0 Å². The molecule has 0 spiro atoms. The lowest BCUT2D eigenvalue weighted by Gasteiger charge is -2.48. The Bertz CT molecular complexity index is 1510. The lowest BCUT2D eigenvalue weighted by Crippen LogP contribution is -2.58. The van der Waals surface area contributed by atoms with Crippen molar-refractivity contribution in [2.45, 2.75) is 27.6 Å². The van der Waals surface area contributed by atoms with Crippen LogP contribution < -0.4 is 16.0 Å². The van der Waals surface area contributed by atoms with Crippen LogP contribution in [0.5, 0.6) is 0 Å². The second-order valence-electron chi connectivity index (χ2n) is 7.61. The first kappa shape index (κ1) is 29.9. The van der Waals surface area contributed by atoms with E-state index in [0.717, 1.165) is 21.6 Å². The van der Waals surface area contributed by atoms with Gasteiger partial charge < -0.3 is 20.9 Å². The Morgan fingerprint density at radius 2 is 2.20 bits per heavy atom. The molecule has 2 aliphatic rings. The predicted octanol–water partition coefficient (Wildman–Crippen LogP) is -1.11. The van der Waals surface area contributed by atoms with E-state index in [1.807, 2.05) is 0 Å². The van der Waals surface area contributed by atoms with Crippen molar-refractivity contribution < 1.29 is 46.8 Å². The van der Waals surface area contributed by atoms with Gasteiger partial charge in [0.05, 0.1) is 22.8 Å². The van der Waals surface area contributed by atoms with E-state index < -0.39 is 61.8 Å². The molecule has 1 saturated heterocycles. The molecule has 0 bridgehead atoms. The Morgan fingerprint density at radius 1 is 1.44 bits per heavy atom. The molecule has 4 rings (SSSR count). The average molecular weight is 652 g/mol. The number of thioether (sulfide) groups is 2. The van der Waals surface area contributed by atoms with Crippen LogP contribution in [0.1, 0.15) is 6.42 Å². The van der Waals surface area contributed by atoms with Crippen LogP contribution >= 0.6 is 35.1 Å². The number of fused-ring (bicyclic) bond motifs is 1. The quantitative estimate of drug-likeness (QED) is 0.0387. The predicted molar refractivity (Wildman–Crippen MR) is 139 cm³/mol. The first-order valence-corrected chi connectivity index (χ1v) is 14.9. The molecule has 3 atom stereocenters. The number of aromatic amines is 1. The van der Waals surface area contributed by atoms with E-state index in [1.165, 1.54) is 7.05 Å². The zero-order valence-corrected chi connectivity index (χ0v) is 23.4. The molecule has 2 unspecified atom stereocenters. The van der Waals surface area contributed by atoms with Crippen molar-refractivity contribution in [1.82, 2.24) is 40.2 Å². The molecule has 41 heavy (non-hydrogen) atoms. The topological polar surface area (TPSA) is 298 Å². The van der Waals surface area contributed by atoms with Gasteiger partial charge >= 0.3 is 12.2 Å². The molecular weight excluding hydrogens is 635 g/mol. The summed E-state index contributed by atoms with van der Waals surface area (Å²) in [6, 6.07) is 0. The first-order chi connectivity index (χ1) is 19.4. The van der Waals surface area contributed by atoms with Gasteiger partial charge in [-0.3, -0.25) is 28.8 Å². The number of rotatable bonds is 10. The van der Waals surface area contributed by atoms with E-state index >= 15 is 0 Å². The van der Waals surface area contributed by atoms with Gasteiger partial charge in [0.2, 0.25) is 28.0 Å². The fraction of sp³-hybridized carbons (Fsp3) is 0.375.